The number of anilines is 8. The number of hydrogen-bond donors (Lipinski definition) is 9. The van der Waals surface area contributed by atoms with Gasteiger partial charge in [0.15, 0.2) is 0 Å². The molecule has 13 rings (SSSR count). The number of morpholine rings is 1. The molecular weight excluding hydrogens is 1590 g/mol. The quantitative estimate of drug-likeness (QED) is 0.0119. The summed E-state index contributed by atoms with van der Waals surface area (Å²) in [5.41, 5.74) is 52.1. The van der Waals surface area contributed by atoms with Gasteiger partial charge in [0.25, 0.3) is 5.91 Å². The number of phenols is 1. The molecule has 0 bridgehead atoms. The van der Waals surface area contributed by atoms with Crippen LogP contribution in [0.4, 0.5) is 47.1 Å². The lowest BCUT2D eigenvalue weighted by Crippen LogP contribution is -2.40. The van der Waals surface area contributed by atoms with Crippen molar-refractivity contribution in [3.8, 4) is 73.2 Å². The molecule has 0 radical (unpaired) electrons. The van der Waals surface area contributed by atoms with E-state index in [1.807, 2.05) is 142 Å². The number of halogens is 3. The molecule has 0 atom stereocenters. The molecule has 1 aliphatic heterocycles. The number of esters is 3. The normalized spacial score (nSPS) is 11.3. The van der Waals surface area contributed by atoms with Crippen LogP contribution in [0.3, 0.4) is 0 Å². The SMILES string of the molecule is CCc1cc(-c2ccc(C(=O)N3CCOCC3)c(Cl)c2)nc(N)n1.CCc1cc(-c2ccc(C(=O)OC)cc2)nc(N)n1.CCc1cc(-c2ccc(O)c(Cl)c2Cl)nc(N)n1.CCc1cc(N)cc(-c2ccc(C=O)cc2)c1.CNc1cc(-c2ccc(/C=C/C(=O)OC)cc2)nc(N)n1.CNc1cc(-c2cccc(/C=C/C(=O)OC)c2)nc(N)n1. The third kappa shape index (κ3) is 27.0. The average Bonchev–Trinajstić information content (AvgIpc) is 0.807. The number of benzene rings is 7. The van der Waals surface area contributed by atoms with Gasteiger partial charge in [0, 0.05) is 108 Å². The first kappa shape index (κ1) is 91.5. The number of nitrogens with one attached hydrogen (secondary N) is 2. The van der Waals surface area contributed by atoms with Gasteiger partial charge in [-0.2, -0.15) is 9.97 Å². The summed E-state index contributed by atoms with van der Waals surface area (Å²) < 4.78 is 19.0. The fourth-order valence-electron chi connectivity index (χ4n) is 11.3. The number of aldehydes is 1. The van der Waals surface area contributed by atoms with E-state index in [-0.39, 0.29) is 63.4 Å². The number of aromatic nitrogens is 10. The van der Waals surface area contributed by atoms with Gasteiger partial charge in [0.1, 0.15) is 28.7 Å². The second-order valence-electron chi connectivity index (χ2n) is 25.8. The maximum atomic E-state index is 12.6. The van der Waals surface area contributed by atoms with Gasteiger partial charge in [-0.1, -0.05) is 153 Å². The number of carbonyl (C=O) groups is 5. The second-order valence-corrected chi connectivity index (χ2v) is 27.0. The molecule has 1 fully saturated rings. The van der Waals surface area contributed by atoms with E-state index in [1.165, 1.54) is 45.1 Å². The minimum absolute atomic E-state index is 0.0665. The lowest BCUT2D eigenvalue weighted by Gasteiger charge is -2.27. The molecule has 7 aromatic carbocycles. The Hall–Kier alpha value is -14.0. The lowest BCUT2D eigenvalue weighted by atomic mass is 10.0. The van der Waals surface area contributed by atoms with Gasteiger partial charge in [-0.05, 0) is 138 Å². The number of ether oxygens (including phenoxy) is 4. The monoisotopic (exact) mass is 1680 g/mol. The number of nitrogens with two attached hydrogens (primary N) is 6. The second kappa shape index (κ2) is 45.5. The smallest absolute Gasteiger partial charge is 0.337 e. The van der Waals surface area contributed by atoms with Crippen LogP contribution in [0.5, 0.6) is 5.75 Å². The van der Waals surface area contributed by atoms with E-state index in [4.69, 9.17) is 73.9 Å². The topological polar surface area (TPSA) is 455 Å². The Balaban J connectivity index is 0.000000180. The molecular formula is C88H92Cl3N19O10. The average molecular weight is 1680 g/mol. The van der Waals surface area contributed by atoms with Crippen LogP contribution in [0.15, 0.2) is 188 Å². The predicted molar refractivity (Wildman–Crippen MR) is 475 cm³/mol. The van der Waals surface area contributed by atoms with Gasteiger partial charge < -0.3 is 74.0 Å². The Kier molecular flexibility index (Phi) is 34.7. The van der Waals surface area contributed by atoms with Crippen molar-refractivity contribution in [1.82, 2.24) is 54.7 Å². The van der Waals surface area contributed by atoms with E-state index in [0.717, 1.165) is 111 Å². The number of nitrogens with zero attached hydrogens (tertiary/aromatic N) is 11. The first-order chi connectivity index (χ1) is 57.7. The number of nitrogen functional groups attached to an aromatic ring is 6. The van der Waals surface area contributed by atoms with Gasteiger partial charge in [-0.15, -0.1) is 0 Å². The highest BCUT2D eigenvalue weighted by atomic mass is 35.5. The first-order valence-electron chi connectivity index (χ1n) is 37.5. The summed E-state index contributed by atoms with van der Waals surface area (Å²) in [5.74, 6) is 1.10. The molecule has 0 aliphatic carbocycles. The number of methoxy groups -OCH3 is 3. The minimum Gasteiger partial charge on any atom is -0.506 e. The fraction of sp³-hybridized carbons (Fsp3) is 0.193. The Bertz CT molecular complexity index is 5610. The van der Waals surface area contributed by atoms with E-state index in [9.17, 15) is 29.1 Å². The summed E-state index contributed by atoms with van der Waals surface area (Å²) in [6.45, 7) is 10.4. The van der Waals surface area contributed by atoms with Crippen LogP contribution in [-0.2, 0) is 54.2 Å². The fourth-order valence-corrected chi connectivity index (χ4v) is 12.0. The standard InChI is InChI=1S/C17H19ClN4O2.2C15H16N4O2.C15H15NO.C14H15N3O2.C12H11Cl2N3O/c1-2-12-10-15(21-17(19)20-12)11-3-4-13(14(18)9-11)16(23)22-5-7-24-8-6-22;1-17-13-9-12(18-15(16)19-13)11-6-3-10(4-7-11)5-8-14(20)21-2;1-17-13-9-12(18-15(16)19-13)11-5-3-4-10(8-11)6-7-14(20)21-2;1-2-11-7-14(9-15(16)8-11)13-5-3-12(10-17)4-6-13;1-3-11-8-12(17-14(15)16-11)9-4-6-10(7-5-9)13(18)19-2;1-2-6-5-8(17-12(15)16-6)7-3-4-9(18)11(14)10(7)13/h3-4,9-10H,2,5-8H2,1H3,(H2,19,20,21);2*3-9H,1-2H3,(H3,16,17,18,19);3-10H,2,16H2,1H3;4-8H,3H2,1-2H3,(H2,15,16,17);3-5,18H,2H2,1H3,(H2,15,16,17)/b;8-5+;7-6+;;;. The molecule has 120 heavy (non-hydrogen) atoms. The third-order valence-corrected chi connectivity index (χ3v) is 18.8. The van der Waals surface area contributed by atoms with Crippen molar-refractivity contribution in [2.45, 2.75) is 53.4 Å². The summed E-state index contributed by atoms with van der Waals surface area (Å²) in [4.78, 5) is 99.9. The first-order valence-corrected chi connectivity index (χ1v) is 38.6. The molecule has 620 valence electrons. The molecule has 1 aliphatic rings. The molecule has 32 heteroatoms. The van der Waals surface area contributed by atoms with Gasteiger partial charge in [0.2, 0.25) is 29.7 Å². The van der Waals surface area contributed by atoms with Crippen LogP contribution in [0.25, 0.3) is 79.6 Å². The van der Waals surface area contributed by atoms with Crippen LogP contribution in [-0.4, -0.2) is 152 Å². The van der Waals surface area contributed by atoms with Crippen molar-refractivity contribution in [2.24, 2.45) is 0 Å². The van der Waals surface area contributed by atoms with E-state index in [0.29, 0.717) is 82.3 Å². The third-order valence-electron chi connectivity index (χ3n) is 17.6. The molecule has 1 saturated heterocycles. The van der Waals surface area contributed by atoms with E-state index in [2.05, 4.69) is 87.7 Å². The summed E-state index contributed by atoms with van der Waals surface area (Å²) in [6, 6.07) is 53.4. The highest BCUT2D eigenvalue weighted by Crippen LogP contribution is 2.39. The number of amides is 1. The van der Waals surface area contributed by atoms with Crippen molar-refractivity contribution >= 4 is 124 Å². The minimum atomic E-state index is -0.399. The molecule has 12 aromatic rings. The highest BCUT2D eigenvalue weighted by molar-refractivity contribution is 6.44. The zero-order valence-corrected chi connectivity index (χ0v) is 69.7. The molecule has 6 heterocycles. The molecule has 0 spiro atoms. The number of aryl methyl sites for hydroxylation is 4. The Morgan fingerprint density at radius 2 is 0.917 bits per heavy atom. The Labute approximate surface area is 709 Å². The van der Waals surface area contributed by atoms with Crippen LogP contribution in [0.1, 0.15) is 92.5 Å². The van der Waals surface area contributed by atoms with Crippen LogP contribution in [0, 0.1) is 0 Å². The Morgan fingerprint density at radius 1 is 0.458 bits per heavy atom. The maximum Gasteiger partial charge on any atom is 0.337 e. The van der Waals surface area contributed by atoms with Gasteiger partial charge >= 0.3 is 17.9 Å². The number of aromatic hydroxyl groups is 1. The number of hydrogen-bond acceptors (Lipinski definition) is 28. The van der Waals surface area contributed by atoms with Gasteiger partial charge in [-0.25, -0.2) is 54.3 Å². The molecule has 0 saturated carbocycles. The summed E-state index contributed by atoms with van der Waals surface area (Å²) in [5, 5.41) is 16.1. The van der Waals surface area contributed by atoms with Crippen molar-refractivity contribution < 1.29 is 48.0 Å². The number of rotatable bonds is 19. The predicted octanol–water partition coefficient (Wildman–Crippen LogP) is 15.0. The molecule has 1 amide bonds. The van der Waals surface area contributed by atoms with Crippen molar-refractivity contribution in [3.63, 3.8) is 0 Å². The lowest BCUT2D eigenvalue weighted by molar-refractivity contribution is -0.135. The van der Waals surface area contributed by atoms with E-state index >= 15 is 0 Å². The zero-order valence-electron chi connectivity index (χ0n) is 67.4. The van der Waals surface area contributed by atoms with Crippen molar-refractivity contribution in [2.75, 3.05) is 107 Å². The summed E-state index contributed by atoms with van der Waals surface area (Å²) in [6.07, 6.45) is 10.2. The van der Waals surface area contributed by atoms with Crippen LogP contribution in [0.2, 0.25) is 15.1 Å². The molecule has 15 N–H and O–H groups in total. The Morgan fingerprint density at radius 3 is 1.42 bits per heavy atom. The van der Waals surface area contributed by atoms with Crippen LogP contribution < -0.4 is 45.0 Å². The maximum absolute atomic E-state index is 12.6. The van der Waals surface area contributed by atoms with Crippen molar-refractivity contribution in [3.05, 3.63) is 254 Å². The number of carbonyl (C=O) groups excluding carboxylic acids is 5. The zero-order chi connectivity index (χ0) is 87.0. The largest absolute Gasteiger partial charge is 0.506 e. The summed E-state index contributed by atoms with van der Waals surface area (Å²) in [7, 11) is 7.57. The molecule has 5 aromatic heterocycles. The van der Waals surface area contributed by atoms with E-state index < -0.39 is 5.97 Å². The number of phenolic OH excluding ortho intramolecular Hbond substituents is 1. The molecule has 29 nitrogen and oxygen atoms in total. The highest BCUT2D eigenvalue weighted by Gasteiger charge is 2.22. The van der Waals surface area contributed by atoms with E-state index in [1.54, 1.807) is 73.6 Å². The summed E-state index contributed by atoms with van der Waals surface area (Å²) >= 11 is 18.3. The van der Waals surface area contributed by atoms with Gasteiger partial charge in [0.05, 0.1) is 84.2 Å². The molecule has 0 unspecified atom stereocenters. The van der Waals surface area contributed by atoms with Crippen molar-refractivity contribution in [1.29, 1.82) is 0 Å². The van der Waals surface area contributed by atoms with Crippen LogP contribution >= 0.6 is 34.8 Å². The van der Waals surface area contributed by atoms with Gasteiger partial charge in [-0.3, -0.25) is 9.59 Å².